The first kappa shape index (κ1) is 16.3. The standard InChI is InChI=1S/C13H24F2N2O2/c14-12(15)9-19-7-6-13(18)17-11(8-16)10-4-2-1-3-5-10/h10-12H,1-9,16H2,(H,17,18). The first-order chi connectivity index (χ1) is 9.13. The van der Waals surface area contributed by atoms with Crippen molar-refractivity contribution in [3.8, 4) is 0 Å². The van der Waals surface area contributed by atoms with Crippen LogP contribution in [0.1, 0.15) is 38.5 Å². The number of ether oxygens (including phenoxy) is 1. The average molecular weight is 278 g/mol. The highest BCUT2D eigenvalue weighted by Crippen LogP contribution is 2.26. The minimum atomic E-state index is -2.48. The van der Waals surface area contributed by atoms with E-state index in [0.717, 1.165) is 12.8 Å². The first-order valence-electron chi connectivity index (χ1n) is 6.98. The molecule has 0 heterocycles. The Balaban J connectivity index is 2.20. The summed E-state index contributed by atoms with van der Waals surface area (Å²) in [7, 11) is 0. The van der Waals surface area contributed by atoms with E-state index in [9.17, 15) is 13.6 Å². The number of carbonyl (C=O) groups is 1. The lowest BCUT2D eigenvalue weighted by molar-refractivity contribution is -0.123. The van der Waals surface area contributed by atoms with Crippen molar-refractivity contribution in [3.63, 3.8) is 0 Å². The molecule has 1 fully saturated rings. The van der Waals surface area contributed by atoms with Gasteiger partial charge in [-0.1, -0.05) is 19.3 Å². The van der Waals surface area contributed by atoms with Gasteiger partial charge < -0.3 is 15.8 Å². The number of hydrogen-bond donors (Lipinski definition) is 2. The lowest BCUT2D eigenvalue weighted by Crippen LogP contribution is -2.46. The molecule has 0 bridgehead atoms. The van der Waals surface area contributed by atoms with Crippen molar-refractivity contribution in [1.82, 2.24) is 5.32 Å². The van der Waals surface area contributed by atoms with Crippen LogP contribution in [-0.4, -0.2) is 38.1 Å². The summed E-state index contributed by atoms with van der Waals surface area (Å²) in [5.74, 6) is 0.278. The van der Waals surface area contributed by atoms with E-state index >= 15 is 0 Å². The molecule has 0 radical (unpaired) electrons. The molecule has 3 N–H and O–H groups in total. The maximum atomic E-state index is 11.8. The number of carbonyl (C=O) groups excluding carboxylic acids is 1. The van der Waals surface area contributed by atoms with Crippen LogP contribution in [0.25, 0.3) is 0 Å². The number of nitrogens with one attached hydrogen (secondary N) is 1. The van der Waals surface area contributed by atoms with E-state index in [0.29, 0.717) is 12.5 Å². The molecular weight excluding hydrogens is 254 g/mol. The van der Waals surface area contributed by atoms with Crippen molar-refractivity contribution in [2.75, 3.05) is 19.8 Å². The van der Waals surface area contributed by atoms with Crippen LogP contribution in [0.5, 0.6) is 0 Å². The van der Waals surface area contributed by atoms with Gasteiger partial charge in [0.1, 0.15) is 6.61 Å². The lowest BCUT2D eigenvalue weighted by Gasteiger charge is -2.30. The number of halogens is 2. The van der Waals surface area contributed by atoms with Gasteiger partial charge in [-0.25, -0.2) is 8.78 Å². The van der Waals surface area contributed by atoms with Crippen LogP contribution in [0.15, 0.2) is 0 Å². The second-order valence-corrected chi connectivity index (χ2v) is 5.02. The molecule has 0 aromatic rings. The smallest absolute Gasteiger partial charge is 0.261 e. The van der Waals surface area contributed by atoms with E-state index in [4.69, 9.17) is 5.73 Å². The Labute approximate surface area is 113 Å². The molecule has 0 aromatic heterocycles. The third kappa shape index (κ3) is 6.82. The van der Waals surface area contributed by atoms with Gasteiger partial charge in [-0.15, -0.1) is 0 Å². The van der Waals surface area contributed by atoms with E-state index in [1.807, 2.05) is 0 Å². The van der Waals surface area contributed by atoms with Gasteiger partial charge in [0.15, 0.2) is 0 Å². The fourth-order valence-electron chi connectivity index (χ4n) is 2.52. The highest BCUT2D eigenvalue weighted by atomic mass is 19.3. The number of amides is 1. The van der Waals surface area contributed by atoms with E-state index in [2.05, 4.69) is 10.1 Å². The van der Waals surface area contributed by atoms with Gasteiger partial charge in [0.05, 0.1) is 6.61 Å². The Morgan fingerprint density at radius 3 is 2.58 bits per heavy atom. The van der Waals surface area contributed by atoms with Gasteiger partial charge >= 0.3 is 0 Å². The maximum Gasteiger partial charge on any atom is 0.261 e. The number of hydrogen-bond acceptors (Lipinski definition) is 3. The van der Waals surface area contributed by atoms with Crippen LogP contribution in [0.2, 0.25) is 0 Å². The molecule has 1 saturated carbocycles. The molecule has 1 unspecified atom stereocenters. The summed E-state index contributed by atoms with van der Waals surface area (Å²) in [5, 5.41) is 2.89. The molecule has 0 aromatic carbocycles. The topological polar surface area (TPSA) is 64.3 Å². The minimum absolute atomic E-state index is 0.00268. The summed E-state index contributed by atoms with van der Waals surface area (Å²) in [6.07, 6.45) is 3.46. The van der Waals surface area contributed by atoms with Crippen LogP contribution >= 0.6 is 0 Å². The van der Waals surface area contributed by atoms with Gasteiger partial charge in [-0.3, -0.25) is 4.79 Å². The van der Waals surface area contributed by atoms with Crippen molar-refractivity contribution in [2.24, 2.45) is 11.7 Å². The lowest BCUT2D eigenvalue weighted by atomic mass is 9.84. The minimum Gasteiger partial charge on any atom is -0.375 e. The average Bonchev–Trinajstić information content (AvgIpc) is 2.41. The van der Waals surface area contributed by atoms with Crippen LogP contribution < -0.4 is 11.1 Å². The fraction of sp³-hybridized carbons (Fsp3) is 0.923. The molecule has 1 rings (SSSR count). The van der Waals surface area contributed by atoms with E-state index < -0.39 is 13.0 Å². The largest absolute Gasteiger partial charge is 0.375 e. The van der Waals surface area contributed by atoms with Gasteiger partial charge in [0, 0.05) is 19.0 Å². The number of nitrogens with two attached hydrogens (primary N) is 1. The maximum absolute atomic E-state index is 11.8. The molecule has 112 valence electrons. The van der Waals surface area contributed by atoms with Gasteiger partial charge in [0.2, 0.25) is 5.91 Å². The predicted molar refractivity (Wildman–Crippen MR) is 69.0 cm³/mol. The van der Waals surface area contributed by atoms with Gasteiger partial charge in [0.25, 0.3) is 6.43 Å². The normalized spacial score (nSPS) is 18.5. The molecular formula is C13H24F2N2O2. The van der Waals surface area contributed by atoms with Crippen molar-refractivity contribution in [3.05, 3.63) is 0 Å². The third-order valence-corrected chi connectivity index (χ3v) is 3.54. The predicted octanol–water partition coefficient (Wildman–Crippen LogP) is 1.68. The molecule has 19 heavy (non-hydrogen) atoms. The number of rotatable bonds is 8. The van der Waals surface area contributed by atoms with Crippen LogP contribution in [0, 0.1) is 5.92 Å². The molecule has 1 aliphatic rings. The van der Waals surface area contributed by atoms with E-state index in [-0.39, 0.29) is 25.0 Å². The van der Waals surface area contributed by atoms with Crippen molar-refractivity contribution < 1.29 is 18.3 Å². The van der Waals surface area contributed by atoms with Gasteiger partial charge in [-0.05, 0) is 18.8 Å². The van der Waals surface area contributed by atoms with E-state index in [1.165, 1.54) is 19.3 Å². The monoisotopic (exact) mass is 278 g/mol. The summed E-state index contributed by atoms with van der Waals surface area (Å²) >= 11 is 0. The second kappa shape index (κ2) is 9.20. The third-order valence-electron chi connectivity index (χ3n) is 3.54. The summed E-state index contributed by atoms with van der Waals surface area (Å²) < 4.78 is 28.3. The van der Waals surface area contributed by atoms with Crippen molar-refractivity contribution in [2.45, 2.75) is 51.0 Å². The quantitative estimate of drug-likeness (QED) is 0.664. The molecule has 0 saturated heterocycles. The molecule has 0 spiro atoms. The zero-order valence-corrected chi connectivity index (χ0v) is 11.2. The molecule has 0 aliphatic heterocycles. The zero-order chi connectivity index (χ0) is 14.1. The molecule has 4 nitrogen and oxygen atoms in total. The van der Waals surface area contributed by atoms with Crippen molar-refractivity contribution in [1.29, 1.82) is 0 Å². The van der Waals surface area contributed by atoms with Crippen LogP contribution in [-0.2, 0) is 9.53 Å². The zero-order valence-electron chi connectivity index (χ0n) is 11.2. The SMILES string of the molecule is NCC(NC(=O)CCOCC(F)F)C1CCCCC1. The Kier molecular flexibility index (Phi) is 7.90. The van der Waals surface area contributed by atoms with Crippen LogP contribution in [0.4, 0.5) is 8.78 Å². The molecule has 1 atom stereocenters. The Bertz CT molecular complexity index is 259. The Hall–Kier alpha value is -0.750. The molecule has 6 heteroatoms. The number of alkyl halides is 2. The van der Waals surface area contributed by atoms with Crippen molar-refractivity contribution >= 4 is 5.91 Å². The van der Waals surface area contributed by atoms with E-state index in [1.54, 1.807) is 0 Å². The molecule has 1 aliphatic carbocycles. The highest BCUT2D eigenvalue weighted by molar-refractivity contribution is 5.76. The fourth-order valence-corrected chi connectivity index (χ4v) is 2.52. The first-order valence-corrected chi connectivity index (χ1v) is 6.98. The molecule has 1 amide bonds. The van der Waals surface area contributed by atoms with Gasteiger partial charge in [-0.2, -0.15) is 0 Å². The summed E-state index contributed by atoms with van der Waals surface area (Å²) in [4.78, 5) is 11.7. The summed E-state index contributed by atoms with van der Waals surface area (Å²) in [5.41, 5.74) is 5.70. The highest BCUT2D eigenvalue weighted by Gasteiger charge is 2.23. The summed E-state index contributed by atoms with van der Waals surface area (Å²) in [6, 6.07) is 0.00268. The second-order valence-electron chi connectivity index (χ2n) is 5.02. The van der Waals surface area contributed by atoms with Crippen LogP contribution in [0.3, 0.4) is 0 Å². The Morgan fingerprint density at radius 2 is 2.00 bits per heavy atom. The Morgan fingerprint density at radius 1 is 1.32 bits per heavy atom. The summed E-state index contributed by atoms with van der Waals surface area (Å²) in [6.45, 7) is -0.164.